The summed E-state index contributed by atoms with van der Waals surface area (Å²) in [7, 11) is 0. The van der Waals surface area contributed by atoms with Crippen LogP contribution in [0, 0.1) is 5.92 Å². The van der Waals surface area contributed by atoms with Gasteiger partial charge in [0.15, 0.2) is 0 Å². The minimum atomic E-state index is 0.236. The average Bonchev–Trinajstić information content (AvgIpc) is 2.05. The minimum absolute atomic E-state index is 0.236. The number of hydrogen-bond acceptors (Lipinski definition) is 2. The fourth-order valence-corrected chi connectivity index (χ4v) is 1.10. The van der Waals surface area contributed by atoms with Crippen molar-refractivity contribution in [3.05, 3.63) is 25.3 Å². The summed E-state index contributed by atoms with van der Waals surface area (Å²) >= 11 is 0. The van der Waals surface area contributed by atoms with Crippen LogP contribution < -0.4 is 5.73 Å². The molecule has 0 aromatic carbocycles. The first-order valence-corrected chi connectivity index (χ1v) is 4.81. The molecule has 0 spiro atoms. The lowest BCUT2D eigenvalue weighted by molar-refractivity contribution is 0.283. The van der Waals surface area contributed by atoms with Crippen molar-refractivity contribution in [2.45, 2.75) is 19.9 Å². The molecule has 76 valence electrons. The van der Waals surface area contributed by atoms with Gasteiger partial charge in [0.25, 0.3) is 0 Å². The molecule has 13 heavy (non-hydrogen) atoms. The molecule has 0 radical (unpaired) electrons. The van der Waals surface area contributed by atoms with Crippen LogP contribution in [0.25, 0.3) is 0 Å². The smallest absolute Gasteiger partial charge is 0.0191 e. The van der Waals surface area contributed by atoms with Crippen LogP contribution in [-0.4, -0.2) is 30.6 Å². The molecule has 0 bridgehead atoms. The van der Waals surface area contributed by atoms with Gasteiger partial charge in [0.2, 0.25) is 0 Å². The van der Waals surface area contributed by atoms with Gasteiger partial charge in [-0.3, -0.25) is 4.90 Å². The summed E-state index contributed by atoms with van der Waals surface area (Å²) in [4.78, 5) is 2.24. The molecule has 0 saturated carbocycles. The van der Waals surface area contributed by atoms with Crippen LogP contribution in [0.3, 0.4) is 0 Å². The zero-order valence-electron chi connectivity index (χ0n) is 8.87. The Morgan fingerprint density at radius 1 is 1.23 bits per heavy atom. The third-order valence-corrected chi connectivity index (χ3v) is 2.10. The first-order chi connectivity index (χ1) is 6.11. The van der Waals surface area contributed by atoms with E-state index in [1.165, 1.54) is 0 Å². The number of nitrogens with two attached hydrogens (primary N) is 1. The van der Waals surface area contributed by atoms with E-state index in [4.69, 9.17) is 5.73 Å². The summed E-state index contributed by atoms with van der Waals surface area (Å²) in [5.41, 5.74) is 5.97. The second-order valence-electron chi connectivity index (χ2n) is 3.70. The highest BCUT2D eigenvalue weighted by molar-refractivity contribution is 4.82. The summed E-state index contributed by atoms with van der Waals surface area (Å²) in [6.45, 7) is 14.4. The van der Waals surface area contributed by atoms with Crippen molar-refractivity contribution < 1.29 is 0 Å². The maximum atomic E-state index is 5.97. The first kappa shape index (κ1) is 12.4. The molecule has 0 aromatic rings. The van der Waals surface area contributed by atoms with Crippen LogP contribution in [0.15, 0.2) is 25.3 Å². The topological polar surface area (TPSA) is 29.3 Å². The van der Waals surface area contributed by atoms with E-state index in [1.807, 2.05) is 12.2 Å². The number of nitrogens with zero attached hydrogens (tertiary/aromatic N) is 1. The van der Waals surface area contributed by atoms with Crippen molar-refractivity contribution in [3.8, 4) is 0 Å². The maximum absolute atomic E-state index is 5.97. The summed E-state index contributed by atoms with van der Waals surface area (Å²) in [6, 6.07) is 0.236. The maximum Gasteiger partial charge on any atom is 0.0191 e. The molecule has 0 aliphatic rings. The Bertz CT molecular complexity index is 142. The molecular formula is C11H22N2. The van der Waals surface area contributed by atoms with Crippen molar-refractivity contribution in [1.29, 1.82) is 0 Å². The average molecular weight is 182 g/mol. The van der Waals surface area contributed by atoms with Crippen molar-refractivity contribution in [1.82, 2.24) is 4.90 Å². The monoisotopic (exact) mass is 182 g/mol. The van der Waals surface area contributed by atoms with Gasteiger partial charge in [0.05, 0.1) is 0 Å². The van der Waals surface area contributed by atoms with Crippen molar-refractivity contribution in [2.75, 3.05) is 19.6 Å². The predicted octanol–water partition coefficient (Wildman–Crippen LogP) is 1.64. The van der Waals surface area contributed by atoms with E-state index < -0.39 is 0 Å². The Morgan fingerprint density at radius 2 is 1.69 bits per heavy atom. The summed E-state index contributed by atoms with van der Waals surface area (Å²) in [5, 5.41) is 0. The third kappa shape index (κ3) is 5.61. The normalized spacial score (nSPS) is 13.3. The van der Waals surface area contributed by atoms with Crippen molar-refractivity contribution in [3.63, 3.8) is 0 Å². The first-order valence-electron chi connectivity index (χ1n) is 4.81. The Balaban J connectivity index is 3.91. The molecule has 0 aromatic heterocycles. The van der Waals surface area contributed by atoms with Crippen LogP contribution in [0.2, 0.25) is 0 Å². The van der Waals surface area contributed by atoms with Gasteiger partial charge < -0.3 is 5.73 Å². The van der Waals surface area contributed by atoms with E-state index in [0.29, 0.717) is 5.92 Å². The lowest BCUT2D eigenvalue weighted by atomic mass is 10.1. The van der Waals surface area contributed by atoms with E-state index in [1.54, 1.807) is 0 Å². The van der Waals surface area contributed by atoms with Gasteiger partial charge in [-0.1, -0.05) is 26.0 Å². The van der Waals surface area contributed by atoms with E-state index in [0.717, 1.165) is 19.6 Å². The second-order valence-corrected chi connectivity index (χ2v) is 3.70. The predicted molar refractivity (Wildman–Crippen MR) is 59.6 cm³/mol. The minimum Gasteiger partial charge on any atom is -0.326 e. The molecule has 0 unspecified atom stereocenters. The Morgan fingerprint density at radius 3 is 2.00 bits per heavy atom. The molecule has 0 aliphatic carbocycles. The molecule has 2 nitrogen and oxygen atoms in total. The number of hydrogen-bond donors (Lipinski definition) is 1. The van der Waals surface area contributed by atoms with Gasteiger partial charge in [0, 0.05) is 25.7 Å². The Labute approximate surface area is 82.1 Å². The van der Waals surface area contributed by atoms with Gasteiger partial charge in [0.1, 0.15) is 0 Å². The molecule has 2 heteroatoms. The lowest BCUT2D eigenvalue weighted by Crippen LogP contribution is -2.40. The molecule has 0 rings (SSSR count). The van der Waals surface area contributed by atoms with Crippen LogP contribution in [-0.2, 0) is 0 Å². The molecule has 0 aliphatic heterocycles. The number of rotatable bonds is 7. The standard InChI is InChI=1S/C11H22N2/c1-5-7-13(8-6-2)9-11(12)10(3)4/h5-6,10-11H,1-2,7-9,12H2,3-4H3/t11-/m0/s1. The highest BCUT2D eigenvalue weighted by Crippen LogP contribution is 2.01. The van der Waals surface area contributed by atoms with Gasteiger partial charge in [-0.15, -0.1) is 13.2 Å². The summed E-state index contributed by atoms with van der Waals surface area (Å²) in [6.07, 6.45) is 3.80. The van der Waals surface area contributed by atoms with E-state index >= 15 is 0 Å². The molecule has 0 saturated heterocycles. The van der Waals surface area contributed by atoms with Gasteiger partial charge in [-0.2, -0.15) is 0 Å². The van der Waals surface area contributed by atoms with Gasteiger partial charge >= 0.3 is 0 Å². The molecule has 0 amide bonds. The zero-order chi connectivity index (χ0) is 10.3. The molecule has 0 fully saturated rings. The summed E-state index contributed by atoms with van der Waals surface area (Å²) in [5.74, 6) is 0.525. The fourth-order valence-electron chi connectivity index (χ4n) is 1.10. The van der Waals surface area contributed by atoms with E-state index in [9.17, 15) is 0 Å². The fraction of sp³-hybridized carbons (Fsp3) is 0.636. The van der Waals surface area contributed by atoms with E-state index in [2.05, 4.69) is 31.9 Å². The van der Waals surface area contributed by atoms with Crippen LogP contribution in [0.5, 0.6) is 0 Å². The SMILES string of the molecule is C=CCN(CC=C)C[C@H](N)C(C)C. The molecule has 0 heterocycles. The highest BCUT2D eigenvalue weighted by atomic mass is 15.1. The van der Waals surface area contributed by atoms with Crippen molar-refractivity contribution in [2.24, 2.45) is 11.7 Å². The Hall–Kier alpha value is -0.600. The van der Waals surface area contributed by atoms with Crippen LogP contribution >= 0.6 is 0 Å². The summed E-state index contributed by atoms with van der Waals surface area (Å²) < 4.78 is 0. The molecule has 1 atom stereocenters. The largest absolute Gasteiger partial charge is 0.326 e. The van der Waals surface area contributed by atoms with Crippen molar-refractivity contribution >= 4 is 0 Å². The zero-order valence-corrected chi connectivity index (χ0v) is 8.87. The Kier molecular flexibility index (Phi) is 6.55. The second kappa shape index (κ2) is 6.87. The van der Waals surface area contributed by atoms with Crippen LogP contribution in [0.4, 0.5) is 0 Å². The highest BCUT2D eigenvalue weighted by Gasteiger charge is 2.11. The molecule has 2 N–H and O–H groups in total. The van der Waals surface area contributed by atoms with Gasteiger partial charge in [-0.05, 0) is 5.92 Å². The quantitative estimate of drug-likeness (QED) is 0.607. The van der Waals surface area contributed by atoms with Gasteiger partial charge in [-0.25, -0.2) is 0 Å². The molecular weight excluding hydrogens is 160 g/mol. The third-order valence-electron chi connectivity index (χ3n) is 2.10. The van der Waals surface area contributed by atoms with Crippen LogP contribution in [0.1, 0.15) is 13.8 Å². The lowest BCUT2D eigenvalue weighted by Gasteiger charge is -2.25. The van der Waals surface area contributed by atoms with E-state index in [-0.39, 0.29) is 6.04 Å².